The number of halogens is 1. The van der Waals surface area contributed by atoms with Gasteiger partial charge in [0.05, 0.1) is 49.1 Å². The molecule has 40 heavy (non-hydrogen) atoms. The SMILES string of the molecule is C=CCCCOC(=O)[C@H]1[C@H]2C(=O)N([C@@H](CO)C(C)C)C(C(=O)N(CC=C)CCN3CCOCC3)C23CC(Br)[C@@H]1S3. The van der Waals surface area contributed by atoms with Crippen molar-refractivity contribution in [2.45, 2.75) is 60.0 Å². The Hall–Kier alpha value is -1.40. The lowest BCUT2D eigenvalue weighted by molar-refractivity contribution is -0.154. The Bertz CT molecular complexity index is 962. The number of aliphatic hydroxyl groups excluding tert-OH is 1. The number of aliphatic hydroxyl groups is 1. The van der Waals surface area contributed by atoms with Gasteiger partial charge in [0, 0.05) is 42.8 Å². The largest absolute Gasteiger partial charge is 0.465 e. The molecule has 224 valence electrons. The van der Waals surface area contributed by atoms with Crippen LogP contribution in [0.2, 0.25) is 0 Å². The molecular weight excluding hydrogens is 598 g/mol. The van der Waals surface area contributed by atoms with Crippen molar-refractivity contribution in [3.63, 3.8) is 0 Å². The fourth-order valence-corrected chi connectivity index (χ4v) is 10.4. The molecule has 1 N–H and O–H groups in total. The van der Waals surface area contributed by atoms with Crippen LogP contribution < -0.4 is 0 Å². The summed E-state index contributed by atoms with van der Waals surface area (Å²) < 4.78 is 10.4. The number of hydrogen-bond acceptors (Lipinski definition) is 8. The maximum Gasteiger partial charge on any atom is 0.310 e. The lowest BCUT2D eigenvalue weighted by atomic mass is 9.71. The van der Waals surface area contributed by atoms with Gasteiger partial charge in [0.1, 0.15) is 6.04 Å². The highest BCUT2D eigenvalue weighted by Crippen LogP contribution is 2.68. The second kappa shape index (κ2) is 13.7. The highest BCUT2D eigenvalue weighted by molar-refractivity contribution is 9.09. The molecule has 4 fully saturated rings. The summed E-state index contributed by atoms with van der Waals surface area (Å²) in [5, 5.41) is 10.3. The number of nitrogens with zero attached hydrogens (tertiary/aromatic N) is 3. The Morgan fingerprint density at radius 3 is 2.65 bits per heavy atom. The fourth-order valence-electron chi connectivity index (χ4n) is 6.80. The van der Waals surface area contributed by atoms with E-state index >= 15 is 0 Å². The number of hydrogen-bond donors (Lipinski definition) is 1. The third-order valence-electron chi connectivity index (χ3n) is 8.79. The van der Waals surface area contributed by atoms with Crippen molar-refractivity contribution in [1.82, 2.24) is 14.7 Å². The van der Waals surface area contributed by atoms with Gasteiger partial charge in [0.15, 0.2) is 0 Å². The van der Waals surface area contributed by atoms with Gasteiger partial charge in [0.25, 0.3) is 0 Å². The molecule has 2 bridgehead atoms. The molecule has 0 radical (unpaired) electrons. The Balaban J connectivity index is 1.67. The number of likely N-dealkylation sites (tertiary alicyclic amines) is 1. The third-order valence-corrected chi connectivity index (χ3v) is 12.0. The maximum atomic E-state index is 14.6. The first-order chi connectivity index (χ1) is 19.2. The number of ether oxygens (including phenoxy) is 2. The molecule has 4 aliphatic rings. The van der Waals surface area contributed by atoms with Crippen molar-refractivity contribution < 1.29 is 29.0 Å². The number of carbonyl (C=O) groups is 3. The van der Waals surface area contributed by atoms with Crippen molar-refractivity contribution in [3.8, 4) is 0 Å². The maximum absolute atomic E-state index is 14.6. The van der Waals surface area contributed by atoms with Crippen molar-refractivity contribution in [2.75, 3.05) is 59.2 Å². The molecule has 3 unspecified atom stereocenters. The molecule has 4 saturated heterocycles. The van der Waals surface area contributed by atoms with Crippen LogP contribution in [-0.2, 0) is 23.9 Å². The van der Waals surface area contributed by atoms with E-state index in [1.54, 1.807) is 33.7 Å². The highest BCUT2D eigenvalue weighted by atomic mass is 79.9. The van der Waals surface area contributed by atoms with E-state index in [0.29, 0.717) is 45.7 Å². The van der Waals surface area contributed by atoms with Crippen LogP contribution in [0.25, 0.3) is 0 Å². The summed E-state index contributed by atoms with van der Waals surface area (Å²) in [6.45, 7) is 16.0. The van der Waals surface area contributed by atoms with Crippen molar-refractivity contribution in [3.05, 3.63) is 25.3 Å². The lowest BCUT2D eigenvalue weighted by Gasteiger charge is -2.41. The lowest BCUT2D eigenvalue weighted by Crippen LogP contribution is -2.59. The molecule has 9 nitrogen and oxygen atoms in total. The average molecular weight is 643 g/mol. The van der Waals surface area contributed by atoms with Gasteiger partial charge in [0.2, 0.25) is 11.8 Å². The van der Waals surface area contributed by atoms with Crippen molar-refractivity contribution in [2.24, 2.45) is 17.8 Å². The molecule has 0 aromatic rings. The first-order valence-corrected chi connectivity index (χ1v) is 16.2. The zero-order chi connectivity index (χ0) is 29.0. The monoisotopic (exact) mass is 641 g/mol. The number of fused-ring (bicyclic) bond motifs is 1. The zero-order valence-electron chi connectivity index (χ0n) is 23.7. The van der Waals surface area contributed by atoms with Gasteiger partial charge in [-0.05, 0) is 25.2 Å². The van der Waals surface area contributed by atoms with Crippen LogP contribution in [0.3, 0.4) is 0 Å². The van der Waals surface area contributed by atoms with E-state index in [9.17, 15) is 19.5 Å². The van der Waals surface area contributed by atoms with E-state index in [-0.39, 0.29) is 47.0 Å². The average Bonchev–Trinajstić information content (AvgIpc) is 3.53. The number of rotatable bonds is 14. The van der Waals surface area contributed by atoms with Crippen LogP contribution in [0, 0.1) is 17.8 Å². The smallest absolute Gasteiger partial charge is 0.310 e. The molecule has 0 aromatic carbocycles. The Labute approximate surface area is 250 Å². The predicted octanol–water partition coefficient (Wildman–Crippen LogP) is 2.32. The molecule has 0 saturated carbocycles. The minimum absolute atomic E-state index is 0.0321. The summed E-state index contributed by atoms with van der Waals surface area (Å²) in [4.78, 5) is 48.0. The molecule has 11 heteroatoms. The summed E-state index contributed by atoms with van der Waals surface area (Å²) >= 11 is 5.39. The Kier molecular flexibility index (Phi) is 10.8. The number of thioether (sulfide) groups is 1. The first kappa shape index (κ1) is 31.5. The van der Waals surface area contributed by atoms with Gasteiger partial charge in [-0.1, -0.05) is 41.9 Å². The molecule has 4 aliphatic heterocycles. The van der Waals surface area contributed by atoms with E-state index in [1.807, 2.05) is 13.8 Å². The Morgan fingerprint density at radius 1 is 1.30 bits per heavy atom. The van der Waals surface area contributed by atoms with Crippen LogP contribution in [0.4, 0.5) is 0 Å². The van der Waals surface area contributed by atoms with Crippen LogP contribution in [0.5, 0.6) is 0 Å². The summed E-state index contributed by atoms with van der Waals surface area (Å²) in [6, 6.07) is -1.33. The fraction of sp³-hybridized carbons (Fsp3) is 0.759. The zero-order valence-corrected chi connectivity index (χ0v) is 26.1. The molecule has 1 spiro atoms. The predicted molar refractivity (Wildman–Crippen MR) is 159 cm³/mol. The highest BCUT2D eigenvalue weighted by Gasteiger charge is 2.76. The molecular formula is C29H44BrN3O6S. The van der Waals surface area contributed by atoms with Crippen LogP contribution in [0.1, 0.15) is 33.1 Å². The summed E-state index contributed by atoms with van der Waals surface area (Å²) in [5.74, 6) is -2.13. The van der Waals surface area contributed by atoms with E-state index in [0.717, 1.165) is 19.5 Å². The Morgan fingerprint density at radius 2 is 2.02 bits per heavy atom. The van der Waals surface area contributed by atoms with E-state index in [2.05, 4.69) is 34.0 Å². The number of unbranched alkanes of at least 4 members (excludes halogenated alkanes) is 1. The van der Waals surface area contributed by atoms with Crippen molar-refractivity contribution >= 4 is 45.5 Å². The standard InChI is InChI=1S/C29H44BrN3O6S/c1-5-7-8-14-39-28(37)22-23-26(35)33(21(18-34)19(3)4)25(29(23)17-20(30)24(22)40-29)27(36)32(9-6-2)11-10-31-12-15-38-16-13-31/h5-6,19-25,34H,1-2,7-18H2,3-4H3/t20?,21-,22-,23-,24-,25?,29?/m0/s1. The summed E-state index contributed by atoms with van der Waals surface area (Å²) in [5.41, 5.74) is 0. The van der Waals surface area contributed by atoms with Crippen LogP contribution >= 0.6 is 27.7 Å². The first-order valence-electron chi connectivity index (χ1n) is 14.4. The summed E-state index contributed by atoms with van der Waals surface area (Å²) in [7, 11) is 0. The van der Waals surface area contributed by atoms with Gasteiger partial charge >= 0.3 is 5.97 Å². The molecule has 0 aliphatic carbocycles. The van der Waals surface area contributed by atoms with Gasteiger partial charge in [-0.3, -0.25) is 19.3 Å². The van der Waals surface area contributed by atoms with Crippen molar-refractivity contribution in [1.29, 1.82) is 0 Å². The molecule has 4 rings (SSSR count). The second-order valence-corrected chi connectivity index (χ2v) is 14.2. The van der Waals surface area contributed by atoms with E-state index < -0.39 is 28.7 Å². The normalized spacial score (nSPS) is 32.3. The van der Waals surface area contributed by atoms with E-state index in [4.69, 9.17) is 9.47 Å². The second-order valence-electron chi connectivity index (χ2n) is 11.5. The number of alkyl halides is 1. The number of carbonyl (C=O) groups excluding carboxylic acids is 3. The number of esters is 1. The summed E-state index contributed by atoms with van der Waals surface area (Å²) in [6.07, 6.45) is 5.51. The number of morpholine rings is 1. The van der Waals surface area contributed by atoms with Gasteiger partial charge in [-0.15, -0.1) is 24.9 Å². The van der Waals surface area contributed by atoms with Crippen LogP contribution in [0.15, 0.2) is 25.3 Å². The molecule has 0 aromatic heterocycles. The van der Waals surface area contributed by atoms with E-state index in [1.165, 1.54) is 0 Å². The number of amides is 2. The minimum Gasteiger partial charge on any atom is -0.465 e. The molecule has 4 heterocycles. The van der Waals surface area contributed by atoms with Gasteiger partial charge in [-0.25, -0.2) is 0 Å². The third kappa shape index (κ3) is 5.91. The van der Waals surface area contributed by atoms with Gasteiger partial charge < -0.3 is 24.4 Å². The van der Waals surface area contributed by atoms with Gasteiger partial charge in [-0.2, -0.15) is 0 Å². The quantitative estimate of drug-likeness (QED) is 0.134. The van der Waals surface area contributed by atoms with Crippen LogP contribution in [-0.4, -0.2) is 124 Å². The molecule has 2 amide bonds. The minimum atomic E-state index is -0.789. The topological polar surface area (TPSA) is 99.6 Å². The number of allylic oxidation sites excluding steroid dienone is 1. The molecule has 7 atom stereocenters.